The van der Waals surface area contributed by atoms with Crippen LogP contribution in [0.5, 0.6) is 0 Å². The van der Waals surface area contributed by atoms with E-state index in [0.29, 0.717) is 6.61 Å². The van der Waals surface area contributed by atoms with Crippen LogP contribution in [0.2, 0.25) is 0 Å². The van der Waals surface area contributed by atoms with Crippen molar-refractivity contribution < 1.29 is 4.74 Å². The quantitative estimate of drug-likeness (QED) is 0.807. The third-order valence-electron chi connectivity index (χ3n) is 3.46. The number of pyridine rings is 1. The highest BCUT2D eigenvalue weighted by Gasteiger charge is 2.19. The summed E-state index contributed by atoms with van der Waals surface area (Å²) < 4.78 is 7.38. The van der Waals surface area contributed by atoms with Gasteiger partial charge in [-0.15, -0.1) is 0 Å². The number of methoxy groups -OCH3 is 1. The van der Waals surface area contributed by atoms with Gasteiger partial charge in [0.15, 0.2) is 0 Å². The molecule has 20 heavy (non-hydrogen) atoms. The Morgan fingerprint density at radius 2 is 2.20 bits per heavy atom. The Hall–Kier alpha value is -1.72. The van der Waals surface area contributed by atoms with Crippen LogP contribution in [0.25, 0.3) is 0 Å². The molecular formula is C15H22N4O. The summed E-state index contributed by atoms with van der Waals surface area (Å²) in [6.45, 7) is 3.39. The second-order valence-corrected chi connectivity index (χ2v) is 5.03. The Morgan fingerprint density at radius 1 is 1.40 bits per heavy atom. The Morgan fingerprint density at radius 3 is 2.75 bits per heavy atom. The molecule has 0 spiro atoms. The molecule has 0 bridgehead atoms. The Bertz CT molecular complexity index is 519. The number of hydrogen-bond acceptors (Lipinski definition) is 4. The molecule has 2 heterocycles. The van der Waals surface area contributed by atoms with E-state index in [1.807, 2.05) is 42.9 Å². The second kappa shape index (κ2) is 6.63. The lowest BCUT2D eigenvalue weighted by atomic mass is 10.1. The first-order chi connectivity index (χ1) is 9.61. The van der Waals surface area contributed by atoms with Crippen molar-refractivity contribution in [3.63, 3.8) is 0 Å². The number of aromatic nitrogens is 3. The molecule has 0 saturated carbocycles. The van der Waals surface area contributed by atoms with Gasteiger partial charge in [0.25, 0.3) is 0 Å². The molecule has 0 aromatic carbocycles. The largest absolute Gasteiger partial charge is 0.383 e. The summed E-state index contributed by atoms with van der Waals surface area (Å²) in [5, 5.41) is 0. The molecule has 0 fully saturated rings. The first-order valence-corrected chi connectivity index (χ1v) is 6.70. The zero-order valence-electron chi connectivity index (χ0n) is 12.6. The fourth-order valence-corrected chi connectivity index (χ4v) is 2.24. The summed E-state index contributed by atoms with van der Waals surface area (Å²) in [5.41, 5.74) is 2.08. The summed E-state index contributed by atoms with van der Waals surface area (Å²) in [5.74, 6) is 1.02. The number of aryl methyl sites for hydroxylation is 2. The van der Waals surface area contributed by atoms with Crippen molar-refractivity contribution in [2.45, 2.75) is 19.5 Å². The minimum atomic E-state index is 0.128. The normalized spacial score (nSPS) is 12.8. The van der Waals surface area contributed by atoms with Crippen LogP contribution in [0.3, 0.4) is 0 Å². The number of likely N-dealkylation sites (N-methyl/N-ethyl adjacent to an activating group) is 1. The van der Waals surface area contributed by atoms with Gasteiger partial charge in [-0.1, -0.05) is 6.07 Å². The number of nitrogens with zero attached hydrogens (tertiary/aromatic N) is 4. The molecule has 0 aliphatic carbocycles. The average Bonchev–Trinajstić information content (AvgIpc) is 2.75. The first kappa shape index (κ1) is 14.7. The molecule has 5 heteroatoms. The minimum absolute atomic E-state index is 0.128. The van der Waals surface area contributed by atoms with Crippen LogP contribution in [0.15, 0.2) is 30.6 Å². The highest BCUT2D eigenvalue weighted by Crippen LogP contribution is 2.19. The lowest BCUT2D eigenvalue weighted by Crippen LogP contribution is -2.28. The van der Waals surface area contributed by atoms with Gasteiger partial charge in [-0.25, -0.2) is 4.98 Å². The second-order valence-electron chi connectivity index (χ2n) is 5.03. The summed E-state index contributed by atoms with van der Waals surface area (Å²) in [7, 11) is 5.80. The highest BCUT2D eigenvalue weighted by molar-refractivity contribution is 5.10. The zero-order chi connectivity index (χ0) is 14.5. The van der Waals surface area contributed by atoms with Crippen LogP contribution >= 0.6 is 0 Å². The first-order valence-electron chi connectivity index (χ1n) is 6.70. The Labute approximate surface area is 120 Å². The fraction of sp³-hybridized carbons (Fsp3) is 0.467. The average molecular weight is 274 g/mol. The molecule has 2 aromatic rings. The van der Waals surface area contributed by atoms with E-state index >= 15 is 0 Å². The monoisotopic (exact) mass is 274 g/mol. The molecule has 2 rings (SSSR count). The zero-order valence-corrected chi connectivity index (χ0v) is 12.6. The van der Waals surface area contributed by atoms with Crippen LogP contribution in [-0.2, 0) is 18.3 Å². The summed E-state index contributed by atoms with van der Waals surface area (Å²) in [4.78, 5) is 11.2. The van der Waals surface area contributed by atoms with E-state index in [4.69, 9.17) is 4.74 Å². The molecule has 0 aliphatic heterocycles. The van der Waals surface area contributed by atoms with Gasteiger partial charge in [-0.05, 0) is 26.1 Å². The molecule has 0 N–H and O–H groups in total. The maximum Gasteiger partial charge on any atom is 0.105 e. The SMILES string of the molecule is COCC(c1ccccn1)N(C)Cc1cn(C)c(C)n1. The number of rotatable bonds is 6. The predicted molar refractivity (Wildman–Crippen MR) is 78.3 cm³/mol. The molecule has 0 radical (unpaired) electrons. The van der Waals surface area contributed by atoms with E-state index in [0.717, 1.165) is 23.8 Å². The van der Waals surface area contributed by atoms with Gasteiger partial charge < -0.3 is 9.30 Å². The van der Waals surface area contributed by atoms with Crippen molar-refractivity contribution in [1.82, 2.24) is 19.4 Å². The predicted octanol–water partition coefficient (Wildman–Crippen LogP) is 1.94. The number of hydrogen-bond donors (Lipinski definition) is 0. The fourth-order valence-electron chi connectivity index (χ4n) is 2.24. The smallest absolute Gasteiger partial charge is 0.105 e. The topological polar surface area (TPSA) is 43.2 Å². The molecule has 1 unspecified atom stereocenters. The van der Waals surface area contributed by atoms with Crippen molar-refractivity contribution in [2.24, 2.45) is 7.05 Å². The maximum atomic E-state index is 5.34. The standard InChI is InChI=1S/C15H22N4O/c1-12-17-13(9-18(12)2)10-19(3)15(11-20-4)14-7-5-6-8-16-14/h5-9,15H,10-11H2,1-4H3. The molecule has 0 amide bonds. The van der Waals surface area contributed by atoms with Gasteiger partial charge in [-0.2, -0.15) is 0 Å². The number of ether oxygens (including phenoxy) is 1. The Kier molecular flexibility index (Phi) is 4.87. The molecular weight excluding hydrogens is 252 g/mol. The third-order valence-corrected chi connectivity index (χ3v) is 3.46. The molecule has 1 atom stereocenters. The van der Waals surface area contributed by atoms with E-state index in [9.17, 15) is 0 Å². The molecule has 0 aliphatic rings. The van der Waals surface area contributed by atoms with Crippen molar-refractivity contribution >= 4 is 0 Å². The van der Waals surface area contributed by atoms with Crippen LogP contribution in [0, 0.1) is 6.92 Å². The molecule has 5 nitrogen and oxygen atoms in total. The lowest BCUT2D eigenvalue weighted by Gasteiger charge is -2.26. The maximum absolute atomic E-state index is 5.34. The van der Waals surface area contributed by atoms with E-state index in [1.54, 1.807) is 7.11 Å². The highest BCUT2D eigenvalue weighted by atomic mass is 16.5. The third kappa shape index (κ3) is 3.43. The van der Waals surface area contributed by atoms with Crippen molar-refractivity contribution in [1.29, 1.82) is 0 Å². The van der Waals surface area contributed by atoms with Gasteiger partial charge in [0.1, 0.15) is 5.82 Å². The van der Waals surface area contributed by atoms with E-state index in [-0.39, 0.29) is 6.04 Å². The Balaban J connectivity index is 2.13. The van der Waals surface area contributed by atoms with Crippen molar-refractivity contribution in [3.8, 4) is 0 Å². The van der Waals surface area contributed by atoms with Gasteiger partial charge in [0.05, 0.1) is 24.0 Å². The van der Waals surface area contributed by atoms with Crippen LogP contribution in [-0.4, -0.2) is 40.2 Å². The van der Waals surface area contributed by atoms with Crippen LogP contribution in [0.4, 0.5) is 0 Å². The summed E-state index contributed by atoms with van der Waals surface area (Å²) in [6, 6.07) is 6.09. The van der Waals surface area contributed by atoms with Gasteiger partial charge in [0.2, 0.25) is 0 Å². The van der Waals surface area contributed by atoms with Gasteiger partial charge in [0, 0.05) is 33.1 Å². The van der Waals surface area contributed by atoms with E-state index in [2.05, 4.69) is 28.1 Å². The molecule has 0 saturated heterocycles. The van der Waals surface area contributed by atoms with Crippen LogP contribution < -0.4 is 0 Å². The van der Waals surface area contributed by atoms with E-state index < -0.39 is 0 Å². The number of imidazole rings is 1. The summed E-state index contributed by atoms with van der Waals surface area (Å²) in [6.07, 6.45) is 3.88. The van der Waals surface area contributed by atoms with Crippen molar-refractivity contribution in [2.75, 3.05) is 20.8 Å². The van der Waals surface area contributed by atoms with Gasteiger partial charge in [-0.3, -0.25) is 9.88 Å². The lowest BCUT2D eigenvalue weighted by molar-refractivity contribution is 0.0993. The molecule has 2 aromatic heterocycles. The van der Waals surface area contributed by atoms with E-state index in [1.165, 1.54) is 0 Å². The van der Waals surface area contributed by atoms with Crippen molar-refractivity contribution in [3.05, 3.63) is 47.8 Å². The summed E-state index contributed by atoms with van der Waals surface area (Å²) >= 11 is 0. The van der Waals surface area contributed by atoms with Gasteiger partial charge >= 0.3 is 0 Å². The van der Waals surface area contributed by atoms with Crippen LogP contribution in [0.1, 0.15) is 23.3 Å². The minimum Gasteiger partial charge on any atom is -0.383 e. The molecule has 108 valence electrons.